The Hall–Kier alpha value is -0.480. The minimum atomic E-state index is -0.113. The molecule has 0 saturated heterocycles. The third-order valence-corrected chi connectivity index (χ3v) is 5.34. The summed E-state index contributed by atoms with van der Waals surface area (Å²) in [5.74, 6) is 2.13. The third kappa shape index (κ3) is 7.37. The van der Waals surface area contributed by atoms with E-state index in [9.17, 15) is 4.79 Å². The lowest BCUT2D eigenvalue weighted by Gasteiger charge is -2.32. The lowest BCUT2D eigenvalue weighted by atomic mass is 9.82. The Morgan fingerprint density at radius 3 is 2.90 bits per heavy atom. The number of ether oxygens (including phenoxy) is 1. The first-order chi connectivity index (χ1) is 10.0. The molecule has 0 bridgehead atoms. The van der Waals surface area contributed by atoms with Crippen LogP contribution in [0.25, 0.3) is 0 Å². The number of carbonyl (C=O) groups excluding carboxylic acids is 1. The number of esters is 1. The highest BCUT2D eigenvalue weighted by atomic mass is 32.2. The second-order valence-corrected chi connectivity index (χ2v) is 7.48. The minimum Gasteiger partial charge on any atom is -0.466 e. The molecule has 21 heavy (non-hydrogen) atoms. The molecule has 2 atom stereocenters. The zero-order chi connectivity index (χ0) is 15.7. The molecule has 1 N–H and O–H groups in total. The summed E-state index contributed by atoms with van der Waals surface area (Å²) < 4.78 is 5.15. The highest BCUT2D eigenvalue weighted by Crippen LogP contribution is 2.36. The molecular weight excluding hydrogens is 284 g/mol. The molecule has 122 valence electrons. The van der Waals surface area contributed by atoms with E-state index in [-0.39, 0.29) is 12.6 Å². The molecule has 3 nitrogen and oxygen atoms in total. The predicted molar refractivity (Wildman–Crippen MR) is 89.5 cm³/mol. The van der Waals surface area contributed by atoms with Gasteiger partial charge in [-0.05, 0) is 44.4 Å². The van der Waals surface area contributed by atoms with E-state index in [0.29, 0.717) is 30.6 Å². The zero-order valence-corrected chi connectivity index (χ0v) is 14.5. The van der Waals surface area contributed by atoms with Crippen molar-refractivity contribution in [3.63, 3.8) is 0 Å². The lowest BCUT2D eigenvalue weighted by Crippen LogP contribution is -2.25. The van der Waals surface area contributed by atoms with Gasteiger partial charge in [-0.1, -0.05) is 25.5 Å². The fraction of sp³-hybridized carbons (Fsp3) is 0.824. The molecule has 0 radical (unpaired) electrons. The van der Waals surface area contributed by atoms with E-state index in [2.05, 4.69) is 26.8 Å². The van der Waals surface area contributed by atoms with Crippen LogP contribution in [-0.2, 0) is 9.53 Å². The molecule has 0 saturated carbocycles. The van der Waals surface area contributed by atoms with Crippen molar-refractivity contribution in [2.24, 2.45) is 11.8 Å². The first kappa shape index (κ1) is 18.6. The Bertz CT molecular complexity index is 339. The second-order valence-electron chi connectivity index (χ2n) is 6.20. The number of hydrogen-bond donors (Lipinski definition) is 1. The van der Waals surface area contributed by atoms with Gasteiger partial charge in [0.1, 0.15) is 0 Å². The van der Waals surface area contributed by atoms with Gasteiger partial charge in [0.15, 0.2) is 0 Å². The van der Waals surface area contributed by atoms with Crippen molar-refractivity contribution >= 4 is 17.7 Å². The molecule has 0 spiro atoms. The van der Waals surface area contributed by atoms with Gasteiger partial charge in [0.2, 0.25) is 0 Å². The molecular formula is C17H30O3S. The number of unbranched alkanes of at least 4 members (excludes halogenated alkanes) is 1. The van der Waals surface area contributed by atoms with Crippen molar-refractivity contribution < 1.29 is 14.6 Å². The summed E-state index contributed by atoms with van der Waals surface area (Å²) in [5.41, 5.74) is 1.48. The van der Waals surface area contributed by atoms with Crippen LogP contribution in [0.4, 0.5) is 0 Å². The van der Waals surface area contributed by atoms with Crippen LogP contribution in [0.2, 0.25) is 0 Å². The summed E-state index contributed by atoms with van der Waals surface area (Å²) in [7, 11) is 0. The largest absolute Gasteiger partial charge is 0.466 e. The van der Waals surface area contributed by atoms with Gasteiger partial charge >= 0.3 is 5.97 Å². The van der Waals surface area contributed by atoms with Gasteiger partial charge in [-0.25, -0.2) is 0 Å². The van der Waals surface area contributed by atoms with Crippen LogP contribution in [0.15, 0.2) is 11.6 Å². The van der Waals surface area contributed by atoms with E-state index in [0.717, 1.165) is 18.1 Å². The number of rotatable bonds is 9. The standard InChI is InChI=1S/C17H30O3S/c1-13(2)15-7-6-14(3)12-16(15)21-11-8-17(19)20-10-5-4-9-18/h12-13,15-16,18H,4-11H2,1-3H3. The molecule has 1 aliphatic carbocycles. The maximum absolute atomic E-state index is 11.6. The predicted octanol–water partition coefficient (Wildman–Crippen LogP) is 3.81. The zero-order valence-electron chi connectivity index (χ0n) is 13.6. The Morgan fingerprint density at radius 1 is 1.48 bits per heavy atom. The quantitative estimate of drug-likeness (QED) is 0.399. The molecule has 0 aromatic heterocycles. The Balaban J connectivity index is 2.26. The maximum Gasteiger partial charge on any atom is 0.306 e. The van der Waals surface area contributed by atoms with Crippen molar-refractivity contribution in [1.29, 1.82) is 0 Å². The van der Waals surface area contributed by atoms with E-state index in [1.54, 1.807) is 0 Å². The number of hydrogen-bond acceptors (Lipinski definition) is 4. The molecule has 1 aliphatic rings. The second kappa shape index (κ2) is 10.3. The van der Waals surface area contributed by atoms with Crippen LogP contribution >= 0.6 is 11.8 Å². The summed E-state index contributed by atoms with van der Waals surface area (Å²) >= 11 is 1.89. The molecule has 4 heteroatoms. The number of carbonyl (C=O) groups is 1. The summed E-state index contributed by atoms with van der Waals surface area (Å²) in [5, 5.41) is 9.20. The van der Waals surface area contributed by atoms with Crippen molar-refractivity contribution in [3.05, 3.63) is 11.6 Å². The fourth-order valence-corrected chi connectivity index (χ4v) is 4.26. The van der Waals surface area contributed by atoms with E-state index in [1.165, 1.54) is 18.4 Å². The first-order valence-corrected chi connectivity index (χ1v) is 9.15. The van der Waals surface area contributed by atoms with Crippen molar-refractivity contribution in [2.75, 3.05) is 19.0 Å². The van der Waals surface area contributed by atoms with Gasteiger partial charge in [0, 0.05) is 17.6 Å². The van der Waals surface area contributed by atoms with Crippen LogP contribution in [0, 0.1) is 11.8 Å². The van der Waals surface area contributed by atoms with Gasteiger partial charge in [0.25, 0.3) is 0 Å². The molecule has 0 aromatic carbocycles. The molecule has 0 fully saturated rings. The molecule has 2 unspecified atom stereocenters. The van der Waals surface area contributed by atoms with E-state index in [1.807, 2.05) is 11.8 Å². The lowest BCUT2D eigenvalue weighted by molar-refractivity contribution is -0.143. The Labute approximate surface area is 133 Å². The number of thioether (sulfide) groups is 1. The fourth-order valence-electron chi connectivity index (χ4n) is 2.68. The van der Waals surface area contributed by atoms with Crippen LogP contribution in [0.5, 0.6) is 0 Å². The highest BCUT2D eigenvalue weighted by molar-refractivity contribution is 8.00. The van der Waals surface area contributed by atoms with E-state index in [4.69, 9.17) is 9.84 Å². The molecule has 0 aliphatic heterocycles. The average molecular weight is 314 g/mol. The number of aliphatic hydroxyl groups excluding tert-OH is 1. The van der Waals surface area contributed by atoms with Crippen LogP contribution in [0.3, 0.4) is 0 Å². The normalized spacial score (nSPS) is 22.2. The number of allylic oxidation sites excluding steroid dienone is 1. The minimum absolute atomic E-state index is 0.113. The van der Waals surface area contributed by atoms with E-state index < -0.39 is 0 Å². The van der Waals surface area contributed by atoms with Gasteiger partial charge in [-0.15, -0.1) is 0 Å². The van der Waals surface area contributed by atoms with Gasteiger partial charge < -0.3 is 9.84 Å². The van der Waals surface area contributed by atoms with Crippen LogP contribution in [-0.4, -0.2) is 35.3 Å². The average Bonchev–Trinajstić information content (AvgIpc) is 2.43. The smallest absolute Gasteiger partial charge is 0.306 e. The Morgan fingerprint density at radius 2 is 2.24 bits per heavy atom. The van der Waals surface area contributed by atoms with E-state index >= 15 is 0 Å². The monoisotopic (exact) mass is 314 g/mol. The summed E-state index contributed by atoms with van der Waals surface area (Å²) in [4.78, 5) is 11.6. The Kier molecular flexibility index (Phi) is 9.09. The topological polar surface area (TPSA) is 46.5 Å². The van der Waals surface area contributed by atoms with Crippen LogP contribution < -0.4 is 0 Å². The van der Waals surface area contributed by atoms with Gasteiger partial charge in [-0.2, -0.15) is 11.8 Å². The van der Waals surface area contributed by atoms with Crippen LogP contribution in [0.1, 0.15) is 52.9 Å². The third-order valence-electron chi connectivity index (χ3n) is 4.03. The van der Waals surface area contributed by atoms with Gasteiger partial charge in [-0.3, -0.25) is 4.79 Å². The molecule has 0 amide bonds. The van der Waals surface area contributed by atoms with Crippen molar-refractivity contribution in [1.82, 2.24) is 0 Å². The highest BCUT2D eigenvalue weighted by Gasteiger charge is 2.26. The van der Waals surface area contributed by atoms with Crippen molar-refractivity contribution in [3.8, 4) is 0 Å². The van der Waals surface area contributed by atoms with Gasteiger partial charge in [0.05, 0.1) is 13.0 Å². The van der Waals surface area contributed by atoms with Crippen molar-refractivity contribution in [2.45, 2.75) is 58.1 Å². The molecule has 0 heterocycles. The first-order valence-electron chi connectivity index (χ1n) is 8.10. The molecule has 0 aromatic rings. The molecule has 1 rings (SSSR count). The summed E-state index contributed by atoms with van der Waals surface area (Å²) in [6, 6.07) is 0. The summed E-state index contributed by atoms with van der Waals surface area (Å²) in [6.45, 7) is 7.39. The number of aliphatic hydroxyl groups is 1. The SMILES string of the molecule is CC1=CC(SCCC(=O)OCCCCO)C(C(C)C)CC1. The summed E-state index contributed by atoms with van der Waals surface area (Å²) in [6.07, 6.45) is 6.80. The maximum atomic E-state index is 11.6.